The van der Waals surface area contributed by atoms with Crippen molar-refractivity contribution >= 4 is 16.0 Å². The van der Waals surface area contributed by atoms with Gasteiger partial charge in [-0.05, 0) is 81.6 Å². The molecular weight excluding hydrogens is 619 g/mol. The number of benzene rings is 2. The van der Waals surface area contributed by atoms with Crippen molar-refractivity contribution in [3.8, 4) is 22.9 Å². The molecule has 0 radical (unpaired) electrons. The van der Waals surface area contributed by atoms with Crippen LogP contribution in [0.1, 0.15) is 41.0 Å². The van der Waals surface area contributed by atoms with Crippen LogP contribution < -0.4 is 9.46 Å². The molecule has 1 saturated heterocycles. The molecule has 9 nitrogen and oxygen atoms in total. The van der Waals surface area contributed by atoms with Crippen molar-refractivity contribution in [1.82, 2.24) is 24.6 Å². The minimum Gasteiger partial charge on any atom is -0.438 e. The molecule has 240 valence electrons. The molecule has 2 aromatic carbocycles. The average Bonchev–Trinajstić information content (AvgIpc) is 3.40. The number of rotatable bonds is 8. The zero-order chi connectivity index (χ0) is 32.7. The Morgan fingerprint density at radius 2 is 1.56 bits per heavy atom. The van der Waals surface area contributed by atoms with E-state index in [0.29, 0.717) is 11.1 Å². The lowest BCUT2D eigenvalue weighted by Gasteiger charge is -2.29. The molecule has 3 heterocycles. The molecule has 4 aromatic rings. The van der Waals surface area contributed by atoms with E-state index < -0.39 is 45.2 Å². The third-order valence-corrected chi connectivity index (χ3v) is 9.05. The summed E-state index contributed by atoms with van der Waals surface area (Å²) in [5.41, 5.74) is -0.908. The first-order valence-corrected chi connectivity index (χ1v) is 15.5. The Labute approximate surface area is 257 Å². The average molecular weight is 651 g/mol. The van der Waals surface area contributed by atoms with Gasteiger partial charge < -0.3 is 9.64 Å². The number of nitrogens with one attached hydrogen (secondary N) is 1. The van der Waals surface area contributed by atoms with Gasteiger partial charge in [0.2, 0.25) is 11.8 Å². The zero-order valence-electron chi connectivity index (χ0n) is 24.9. The quantitative estimate of drug-likeness (QED) is 0.216. The van der Waals surface area contributed by atoms with E-state index in [1.165, 1.54) is 56.0 Å². The van der Waals surface area contributed by atoms with Crippen molar-refractivity contribution in [2.24, 2.45) is 7.05 Å². The number of aromatic nitrogens is 4. The number of aryl methyl sites for hydroxylation is 3. The minimum absolute atomic E-state index is 0.0527. The fourth-order valence-corrected chi connectivity index (χ4v) is 6.26. The van der Waals surface area contributed by atoms with Crippen LogP contribution >= 0.6 is 0 Å². The summed E-state index contributed by atoms with van der Waals surface area (Å²) < 4.78 is 108. The van der Waals surface area contributed by atoms with E-state index in [0.717, 1.165) is 37.7 Å². The van der Waals surface area contributed by atoms with Gasteiger partial charge in [0.05, 0.1) is 11.9 Å². The summed E-state index contributed by atoms with van der Waals surface area (Å²) >= 11 is 0. The molecule has 1 aliphatic rings. The largest absolute Gasteiger partial charge is 0.458 e. The van der Waals surface area contributed by atoms with E-state index in [2.05, 4.69) is 24.7 Å². The number of halogens is 5. The van der Waals surface area contributed by atoms with Gasteiger partial charge >= 0.3 is 12.1 Å². The van der Waals surface area contributed by atoms with Gasteiger partial charge in [0.15, 0.2) is 0 Å². The first-order valence-electron chi connectivity index (χ1n) is 14.0. The maximum absolute atomic E-state index is 15.5. The van der Waals surface area contributed by atoms with Gasteiger partial charge in [0, 0.05) is 18.8 Å². The highest BCUT2D eigenvalue weighted by Crippen LogP contribution is 2.51. The standard InChI is InChI=1S/C30H31F5N6O3S/c1-18-6-5-7-19(2)24(18)26-25(29(31,32)30(33,34)35)27(38-28(37-26)39-45(42,43)23-16-36-41(4)17-23)44-22-10-8-20(9-11-22)21-12-14-40(3)15-13-21/h5-11,16-17,21H,12-15H2,1-4H3,(H,37,38,39). The van der Waals surface area contributed by atoms with E-state index in [1.807, 2.05) is 7.05 Å². The lowest BCUT2D eigenvalue weighted by Crippen LogP contribution is -2.35. The number of anilines is 1. The summed E-state index contributed by atoms with van der Waals surface area (Å²) in [6.07, 6.45) is -2.04. The second-order valence-corrected chi connectivity index (χ2v) is 12.8. The number of hydrogen-bond donors (Lipinski definition) is 1. The zero-order valence-corrected chi connectivity index (χ0v) is 25.7. The third kappa shape index (κ3) is 6.64. The number of piperidine rings is 1. The molecule has 0 bridgehead atoms. The van der Waals surface area contributed by atoms with E-state index >= 15 is 8.78 Å². The van der Waals surface area contributed by atoms with Crippen LogP contribution in [0.25, 0.3) is 11.3 Å². The van der Waals surface area contributed by atoms with Gasteiger partial charge in [-0.1, -0.05) is 30.3 Å². The summed E-state index contributed by atoms with van der Waals surface area (Å²) in [7, 11) is -0.920. The first kappa shape index (κ1) is 32.3. The minimum atomic E-state index is -6.06. The van der Waals surface area contributed by atoms with Crippen molar-refractivity contribution in [3.63, 3.8) is 0 Å². The number of ether oxygens (including phenoxy) is 1. The summed E-state index contributed by atoms with van der Waals surface area (Å²) in [6.45, 7) is 4.83. The maximum Gasteiger partial charge on any atom is 0.458 e. The van der Waals surface area contributed by atoms with E-state index in [9.17, 15) is 21.6 Å². The fourth-order valence-electron chi connectivity index (χ4n) is 5.33. The Morgan fingerprint density at radius 1 is 0.933 bits per heavy atom. The highest BCUT2D eigenvalue weighted by molar-refractivity contribution is 7.92. The smallest absolute Gasteiger partial charge is 0.438 e. The Balaban J connectivity index is 1.68. The van der Waals surface area contributed by atoms with E-state index in [4.69, 9.17) is 4.74 Å². The number of sulfonamides is 1. The number of alkyl halides is 5. The molecule has 15 heteroatoms. The Morgan fingerprint density at radius 3 is 2.11 bits per heavy atom. The Hall–Kier alpha value is -4.11. The van der Waals surface area contributed by atoms with Crippen LogP contribution in [0.3, 0.4) is 0 Å². The van der Waals surface area contributed by atoms with Crippen LogP contribution in [0.2, 0.25) is 0 Å². The monoisotopic (exact) mass is 650 g/mol. The van der Waals surface area contributed by atoms with Crippen LogP contribution in [-0.4, -0.2) is 59.4 Å². The number of likely N-dealkylation sites (tertiary alicyclic amines) is 1. The van der Waals surface area contributed by atoms with Gasteiger partial charge in [-0.15, -0.1) is 0 Å². The van der Waals surface area contributed by atoms with Crippen LogP contribution in [0.5, 0.6) is 11.6 Å². The molecule has 0 saturated carbocycles. The molecule has 0 spiro atoms. The molecular formula is C30H31F5N6O3S. The number of nitrogens with zero attached hydrogens (tertiary/aromatic N) is 5. The second kappa shape index (κ2) is 12.0. The van der Waals surface area contributed by atoms with Crippen LogP contribution in [0.4, 0.5) is 27.9 Å². The molecule has 0 amide bonds. The summed E-state index contributed by atoms with van der Waals surface area (Å²) in [5, 5.41) is 3.81. The van der Waals surface area contributed by atoms with Crippen LogP contribution in [-0.2, 0) is 23.0 Å². The molecule has 0 unspecified atom stereocenters. The normalized spacial score (nSPS) is 15.3. The topological polar surface area (TPSA) is 102 Å². The summed E-state index contributed by atoms with van der Waals surface area (Å²) in [5.74, 6) is -7.22. The molecule has 5 rings (SSSR count). The van der Waals surface area contributed by atoms with Crippen molar-refractivity contribution < 1.29 is 35.1 Å². The molecule has 1 aliphatic heterocycles. The van der Waals surface area contributed by atoms with E-state index in [1.54, 1.807) is 18.2 Å². The lowest BCUT2D eigenvalue weighted by molar-refractivity contribution is -0.289. The second-order valence-electron chi connectivity index (χ2n) is 11.1. The van der Waals surface area contributed by atoms with Gasteiger partial charge in [0.25, 0.3) is 10.0 Å². The lowest BCUT2D eigenvalue weighted by atomic mass is 9.90. The summed E-state index contributed by atoms with van der Waals surface area (Å²) in [6, 6.07) is 11.0. The van der Waals surface area contributed by atoms with Crippen LogP contribution in [0.15, 0.2) is 59.8 Å². The first-order chi connectivity index (χ1) is 21.1. The van der Waals surface area contributed by atoms with Crippen LogP contribution in [0, 0.1) is 13.8 Å². The number of hydrogen-bond acceptors (Lipinski definition) is 7. The van der Waals surface area contributed by atoms with E-state index in [-0.39, 0.29) is 22.1 Å². The van der Waals surface area contributed by atoms with Crippen molar-refractivity contribution in [2.45, 2.75) is 49.6 Å². The Bertz CT molecular complexity index is 1780. The molecule has 1 fully saturated rings. The highest BCUT2D eigenvalue weighted by Gasteiger charge is 2.62. The molecule has 2 aromatic heterocycles. The molecule has 0 atom stereocenters. The van der Waals surface area contributed by atoms with Gasteiger partial charge in [-0.25, -0.2) is 18.1 Å². The molecule has 0 aliphatic carbocycles. The third-order valence-electron chi connectivity index (χ3n) is 7.77. The van der Waals surface area contributed by atoms with Gasteiger partial charge in [-0.2, -0.15) is 32.0 Å². The van der Waals surface area contributed by atoms with Crippen molar-refractivity contribution in [2.75, 3.05) is 24.9 Å². The van der Waals surface area contributed by atoms with Crippen molar-refractivity contribution in [1.29, 1.82) is 0 Å². The molecule has 45 heavy (non-hydrogen) atoms. The fraction of sp³-hybridized carbons (Fsp3) is 0.367. The SMILES string of the molecule is Cc1cccc(C)c1-c1nc(NS(=O)(=O)c2cnn(C)c2)nc(Oc2ccc(C3CCN(C)CC3)cc2)c1C(F)(F)C(F)(F)F. The predicted molar refractivity (Wildman–Crippen MR) is 157 cm³/mol. The maximum atomic E-state index is 15.5. The van der Waals surface area contributed by atoms with Crippen molar-refractivity contribution in [3.05, 3.63) is 77.1 Å². The van der Waals surface area contributed by atoms with Gasteiger partial charge in [-0.3, -0.25) is 4.68 Å². The van der Waals surface area contributed by atoms with Gasteiger partial charge in [0.1, 0.15) is 16.2 Å². The predicted octanol–water partition coefficient (Wildman–Crippen LogP) is 6.55. The summed E-state index contributed by atoms with van der Waals surface area (Å²) in [4.78, 5) is 9.65. The highest BCUT2D eigenvalue weighted by atomic mass is 32.2. The Kier molecular flexibility index (Phi) is 8.61. The molecule has 1 N–H and O–H groups in total.